The minimum atomic E-state index is -0.959. The Morgan fingerprint density at radius 1 is 1.05 bits per heavy atom. The third-order valence-corrected chi connectivity index (χ3v) is 7.71. The van der Waals surface area contributed by atoms with Gasteiger partial charge >= 0.3 is 0 Å². The van der Waals surface area contributed by atoms with Gasteiger partial charge in [0.05, 0.1) is 16.6 Å². The predicted molar refractivity (Wildman–Crippen MR) is 162 cm³/mol. The van der Waals surface area contributed by atoms with E-state index in [9.17, 15) is 8.60 Å². The molecule has 2 heterocycles. The van der Waals surface area contributed by atoms with E-state index in [1.54, 1.807) is 24.5 Å². The standard InChI is InChI=1S/C31H30ClFN4O3S/c1-37(2)27(18-41(3)38)30-12-11-28(40-30)22-8-9-26-24(15-22)31(36-19-35-26)34-16-20-7-10-29(25(32)14-20)39-17-21-5-4-6-23(33)13-21/h4-15,19,27H,16-18H2,1-3H3,(H,34,35,36). The highest BCUT2D eigenvalue weighted by Crippen LogP contribution is 2.32. The first kappa shape index (κ1) is 28.7. The van der Waals surface area contributed by atoms with Gasteiger partial charge in [0.2, 0.25) is 0 Å². The molecule has 41 heavy (non-hydrogen) atoms. The first-order chi connectivity index (χ1) is 19.8. The maximum Gasteiger partial charge on any atom is 0.138 e. The van der Waals surface area contributed by atoms with Gasteiger partial charge in [-0.2, -0.15) is 0 Å². The summed E-state index contributed by atoms with van der Waals surface area (Å²) in [6.07, 6.45) is 3.22. The van der Waals surface area contributed by atoms with E-state index < -0.39 is 10.8 Å². The lowest BCUT2D eigenvalue weighted by molar-refractivity contribution is 0.282. The van der Waals surface area contributed by atoms with Crippen molar-refractivity contribution in [1.82, 2.24) is 14.9 Å². The third kappa shape index (κ3) is 7.11. The van der Waals surface area contributed by atoms with Crippen molar-refractivity contribution < 1.29 is 17.8 Å². The van der Waals surface area contributed by atoms with E-state index in [0.717, 1.165) is 33.4 Å². The topological polar surface area (TPSA) is 80.5 Å². The fourth-order valence-corrected chi connectivity index (χ4v) is 5.66. The molecule has 0 fully saturated rings. The number of benzene rings is 3. The molecule has 0 bridgehead atoms. The van der Waals surface area contributed by atoms with Crippen LogP contribution in [0, 0.1) is 5.82 Å². The van der Waals surface area contributed by atoms with Crippen molar-refractivity contribution in [2.24, 2.45) is 0 Å². The Morgan fingerprint density at radius 3 is 2.66 bits per heavy atom. The van der Waals surface area contributed by atoms with Crippen molar-refractivity contribution in [2.45, 2.75) is 19.2 Å². The lowest BCUT2D eigenvalue weighted by Gasteiger charge is -2.21. The summed E-state index contributed by atoms with van der Waals surface area (Å²) < 4.78 is 37.3. The molecular formula is C31H30ClFN4O3S. The van der Waals surface area contributed by atoms with Gasteiger partial charge in [-0.15, -0.1) is 0 Å². The van der Waals surface area contributed by atoms with Crippen molar-refractivity contribution >= 4 is 39.1 Å². The van der Waals surface area contributed by atoms with Gasteiger partial charge in [-0.3, -0.25) is 9.11 Å². The summed E-state index contributed by atoms with van der Waals surface area (Å²) in [5.74, 6) is 2.87. The lowest BCUT2D eigenvalue weighted by atomic mass is 10.1. The molecule has 0 aliphatic carbocycles. The van der Waals surface area contributed by atoms with E-state index >= 15 is 0 Å². The molecule has 0 amide bonds. The summed E-state index contributed by atoms with van der Waals surface area (Å²) in [6.45, 7) is 0.694. The molecule has 2 unspecified atom stereocenters. The number of rotatable bonds is 11. The number of ether oxygens (including phenoxy) is 1. The molecule has 5 aromatic rings. The van der Waals surface area contributed by atoms with Crippen molar-refractivity contribution in [3.05, 3.63) is 107 Å². The SMILES string of the molecule is CN(C)C(CS(C)=O)c1ccc(-c2ccc3ncnc(NCc4ccc(OCc5cccc(F)c5)c(Cl)c4)c3c2)o1. The molecule has 2 aromatic heterocycles. The van der Waals surface area contributed by atoms with Crippen LogP contribution in [0.25, 0.3) is 22.2 Å². The van der Waals surface area contributed by atoms with E-state index in [-0.39, 0.29) is 18.5 Å². The van der Waals surface area contributed by atoms with E-state index in [0.29, 0.717) is 34.6 Å². The Labute approximate surface area is 245 Å². The molecule has 0 aliphatic rings. The van der Waals surface area contributed by atoms with Crippen LogP contribution in [0.5, 0.6) is 5.75 Å². The summed E-state index contributed by atoms with van der Waals surface area (Å²) in [6, 6.07) is 21.5. The van der Waals surface area contributed by atoms with Crippen LogP contribution in [-0.4, -0.2) is 45.2 Å². The van der Waals surface area contributed by atoms with Crippen LogP contribution in [0.1, 0.15) is 22.9 Å². The largest absolute Gasteiger partial charge is 0.487 e. The molecule has 1 N–H and O–H groups in total. The average molecular weight is 593 g/mol. The summed E-state index contributed by atoms with van der Waals surface area (Å²) in [4.78, 5) is 10.9. The predicted octanol–water partition coefficient (Wildman–Crippen LogP) is 6.85. The van der Waals surface area contributed by atoms with Gasteiger partial charge in [-0.25, -0.2) is 14.4 Å². The van der Waals surface area contributed by atoms with Gasteiger partial charge in [0.15, 0.2) is 0 Å². The van der Waals surface area contributed by atoms with Crippen molar-refractivity contribution in [3.8, 4) is 17.1 Å². The quantitative estimate of drug-likeness (QED) is 0.179. The zero-order chi connectivity index (χ0) is 28.9. The fraction of sp³-hybridized carbons (Fsp3) is 0.226. The molecule has 7 nitrogen and oxygen atoms in total. The van der Waals surface area contributed by atoms with Gasteiger partial charge in [0.1, 0.15) is 41.8 Å². The van der Waals surface area contributed by atoms with E-state index in [4.69, 9.17) is 20.8 Å². The summed E-state index contributed by atoms with van der Waals surface area (Å²) in [5, 5.41) is 4.70. The number of hydrogen-bond donors (Lipinski definition) is 1. The van der Waals surface area contributed by atoms with Crippen LogP contribution in [0.2, 0.25) is 5.02 Å². The minimum absolute atomic E-state index is 0.0828. The molecule has 2 atom stereocenters. The monoisotopic (exact) mass is 592 g/mol. The van der Waals surface area contributed by atoms with E-state index in [1.165, 1.54) is 18.5 Å². The van der Waals surface area contributed by atoms with Crippen molar-refractivity contribution in [3.63, 3.8) is 0 Å². The molecule has 0 radical (unpaired) electrons. The summed E-state index contributed by atoms with van der Waals surface area (Å²) in [5.41, 5.74) is 3.35. The maximum atomic E-state index is 13.4. The number of halogens is 2. The van der Waals surface area contributed by atoms with Crippen molar-refractivity contribution in [1.29, 1.82) is 0 Å². The Bertz CT molecular complexity index is 1690. The second kappa shape index (κ2) is 12.8. The molecule has 3 aromatic carbocycles. The molecule has 10 heteroatoms. The molecule has 0 saturated carbocycles. The minimum Gasteiger partial charge on any atom is -0.487 e. The maximum absolute atomic E-state index is 13.4. The summed E-state index contributed by atoms with van der Waals surface area (Å²) in [7, 11) is 2.94. The van der Waals surface area contributed by atoms with Crippen molar-refractivity contribution in [2.75, 3.05) is 31.4 Å². The molecule has 212 valence electrons. The zero-order valence-corrected chi connectivity index (χ0v) is 24.5. The zero-order valence-electron chi connectivity index (χ0n) is 22.9. The Hall–Kier alpha value is -3.79. The van der Waals surface area contributed by atoms with Gasteiger partial charge < -0.3 is 14.5 Å². The second-order valence-corrected chi connectivity index (χ2v) is 11.8. The highest BCUT2D eigenvalue weighted by atomic mass is 35.5. The van der Waals surface area contributed by atoms with E-state index in [1.807, 2.05) is 61.5 Å². The average Bonchev–Trinajstić information content (AvgIpc) is 3.44. The molecule has 0 spiro atoms. The number of hydrogen-bond acceptors (Lipinski definition) is 7. The van der Waals surface area contributed by atoms with Gasteiger partial charge in [-0.1, -0.05) is 29.8 Å². The smallest absolute Gasteiger partial charge is 0.138 e. The fourth-order valence-electron chi connectivity index (χ4n) is 4.49. The van der Waals surface area contributed by atoms with Crippen LogP contribution in [-0.2, 0) is 24.0 Å². The Morgan fingerprint density at radius 2 is 1.90 bits per heavy atom. The molecule has 0 aliphatic heterocycles. The van der Waals surface area contributed by atoms with E-state index in [2.05, 4.69) is 15.3 Å². The highest BCUT2D eigenvalue weighted by molar-refractivity contribution is 7.84. The molecular weight excluding hydrogens is 563 g/mol. The van der Waals surface area contributed by atoms with Gasteiger partial charge in [0, 0.05) is 40.3 Å². The number of nitrogens with one attached hydrogen (secondary N) is 1. The second-order valence-electron chi connectivity index (χ2n) is 9.91. The Balaban J connectivity index is 1.31. The molecule has 0 saturated heterocycles. The lowest BCUT2D eigenvalue weighted by Crippen LogP contribution is -2.24. The number of aromatic nitrogens is 2. The number of furan rings is 1. The number of anilines is 1. The van der Waals surface area contributed by atoms with Crippen LogP contribution >= 0.6 is 11.6 Å². The number of fused-ring (bicyclic) bond motifs is 1. The molecule has 5 rings (SSSR count). The van der Waals surface area contributed by atoms with Crippen LogP contribution in [0.3, 0.4) is 0 Å². The first-order valence-corrected chi connectivity index (χ1v) is 15.1. The summed E-state index contributed by atoms with van der Waals surface area (Å²) >= 11 is 6.48. The van der Waals surface area contributed by atoms with Crippen LogP contribution in [0.15, 0.2) is 83.5 Å². The highest BCUT2D eigenvalue weighted by Gasteiger charge is 2.20. The third-order valence-electron chi connectivity index (χ3n) is 6.63. The van der Waals surface area contributed by atoms with Crippen LogP contribution < -0.4 is 10.1 Å². The van der Waals surface area contributed by atoms with Gasteiger partial charge in [0.25, 0.3) is 0 Å². The van der Waals surface area contributed by atoms with Gasteiger partial charge in [-0.05, 0) is 79.8 Å². The normalized spacial score (nSPS) is 12.9. The van der Waals surface area contributed by atoms with Crippen LogP contribution in [0.4, 0.5) is 10.2 Å². The first-order valence-electron chi connectivity index (χ1n) is 13.0. The number of nitrogens with zero attached hydrogens (tertiary/aromatic N) is 3. The Kier molecular flexibility index (Phi) is 8.97.